The van der Waals surface area contributed by atoms with Crippen LogP contribution in [-0.4, -0.2) is 5.78 Å². The molecule has 0 amide bonds. The average Bonchev–Trinajstić information content (AvgIpc) is 2.67. The zero-order chi connectivity index (χ0) is 12.3. The molecule has 1 heterocycles. The first-order valence-electron chi connectivity index (χ1n) is 5.75. The van der Waals surface area contributed by atoms with Crippen LogP contribution in [0.3, 0.4) is 0 Å². The van der Waals surface area contributed by atoms with E-state index in [0.717, 1.165) is 11.3 Å². The first-order valence-corrected chi connectivity index (χ1v) is 5.75. The molecule has 0 aliphatic heterocycles. The molecule has 0 aliphatic rings. The van der Waals surface area contributed by atoms with Crippen LogP contribution in [0, 0.1) is 13.8 Å². The van der Waals surface area contributed by atoms with Gasteiger partial charge >= 0.3 is 0 Å². The number of benzene rings is 1. The van der Waals surface area contributed by atoms with Crippen LogP contribution in [0.4, 0.5) is 0 Å². The van der Waals surface area contributed by atoms with Crippen molar-refractivity contribution in [1.29, 1.82) is 0 Å². The van der Waals surface area contributed by atoms with Crippen molar-refractivity contribution < 1.29 is 9.21 Å². The van der Waals surface area contributed by atoms with Gasteiger partial charge in [-0.3, -0.25) is 4.79 Å². The van der Waals surface area contributed by atoms with Crippen LogP contribution in [0.1, 0.15) is 22.5 Å². The molecule has 88 valence electrons. The summed E-state index contributed by atoms with van der Waals surface area (Å²) in [5.41, 5.74) is 3.48. The number of carbonyl (C=O) groups excluding carboxylic acids is 1. The Morgan fingerprint density at radius 3 is 2.41 bits per heavy atom. The van der Waals surface area contributed by atoms with E-state index >= 15 is 0 Å². The van der Waals surface area contributed by atoms with E-state index in [1.54, 1.807) is 12.3 Å². The van der Waals surface area contributed by atoms with Gasteiger partial charge in [0.05, 0.1) is 12.7 Å². The Labute approximate surface area is 101 Å². The molecule has 2 aromatic rings. The topological polar surface area (TPSA) is 30.2 Å². The summed E-state index contributed by atoms with van der Waals surface area (Å²) in [5.74, 6) is 0.921. The third kappa shape index (κ3) is 3.31. The molecule has 2 heteroatoms. The number of aryl methyl sites for hydroxylation is 2. The fraction of sp³-hybridized carbons (Fsp3) is 0.267. The summed E-state index contributed by atoms with van der Waals surface area (Å²) in [6, 6.07) is 9.87. The van der Waals surface area contributed by atoms with E-state index in [1.165, 1.54) is 11.1 Å². The Balaban J connectivity index is 2.03. The van der Waals surface area contributed by atoms with E-state index in [0.29, 0.717) is 12.8 Å². The van der Waals surface area contributed by atoms with E-state index in [4.69, 9.17) is 4.42 Å². The molecule has 0 aliphatic carbocycles. The molecule has 2 rings (SSSR count). The van der Waals surface area contributed by atoms with Crippen molar-refractivity contribution in [1.82, 2.24) is 0 Å². The van der Waals surface area contributed by atoms with Crippen LogP contribution in [0.15, 0.2) is 41.0 Å². The predicted octanol–water partition coefficient (Wildman–Crippen LogP) is 3.25. The normalized spacial score (nSPS) is 10.5. The van der Waals surface area contributed by atoms with Gasteiger partial charge in [-0.1, -0.05) is 29.3 Å². The van der Waals surface area contributed by atoms with Gasteiger partial charge in [0.2, 0.25) is 0 Å². The van der Waals surface area contributed by atoms with Gasteiger partial charge in [-0.15, -0.1) is 0 Å². The molecule has 2 nitrogen and oxygen atoms in total. The fourth-order valence-electron chi connectivity index (χ4n) is 2.07. The van der Waals surface area contributed by atoms with Crippen molar-refractivity contribution in [3.8, 4) is 0 Å². The van der Waals surface area contributed by atoms with Gasteiger partial charge in [0.15, 0.2) is 0 Å². The maximum atomic E-state index is 11.8. The number of hydrogen-bond acceptors (Lipinski definition) is 2. The minimum absolute atomic E-state index is 0.185. The zero-order valence-electron chi connectivity index (χ0n) is 10.2. The summed E-state index contributed by atoms with van der Waals surface area (Å²) in [5, 5.41) is 0. The standard InChI is InChI=1S/C15H16O2/c1-11-6-12(2)8-13(7-11)9-14(16)10-15-4-3-5-17-15/h3-8H,9-10H2,1-2H3. The molecule has 17 heavy (non-hydrogen) atoms. The maximum absolute atomic E-state index is 11.8. The monoisotopic (exact) mass is 228 g/mol. The number of ketones is 1. The maximum Gasteiger partial charge on any atom is 0.144 e. The lowest BCUT2D eigenvalue weighted by molar-refractivity contribution is -0.118. The second-order valence-electron chi connectivity index (χ2n) is 4.47. The third-order valence-electron chi connectivity index (χ3n) is 2.63. The second-order valence-corrected chi connectivity index (χ2v) is 4.47. The van der Waals surface area contributed by atoms with Gasteiger partial charge in [0.25, 0.3) is 0 Å². The van der Waals surface area contributed by atoms with Crippen LogP contribution in [0.2, 0.25) is 0 Å². The molecule has 0 bridgehead atoms. The van der Waals surface area contributed by atoms with E-state index in [9.17, 15) is 4.79 Å². The third-order valence-corrected chi connectivity index (χ3v) is 2.63. The van der Waals surface area contributed by atoms with Crippen molar-refractivity contribution in [3.05, 3.63) is 59.0 Å². The van der Waals surface area contributed by atoms with Gasteiger partial charge in [0, 0.05) is 6.42 Å². The zero-order valence-corrected chi connectivity index (χ0v) is 10.2. The highest BCUT2D eigenvalue weighted by atomic mass is 16.3. The Kier molecular flexibility index (Phi) is 3.43. The Hall–Kier alpha value is -1.83. The summed E-state index contributed by atoms with van der Waals surface area (Å²) in [6.45, 7) is 4.10. The average molecular weight is 228 g/mol. The Morgan fingerprint density at radius 1 is 1.12 bits per heavy atom. The lowest BCUT2D eigenvalue weighted by Crippen LogP contribution is -2.06. The number of hydrogen-bond donors (Lipinski definition) is 0. The van der Waals surface area contributed by atoms with Gasteiger partial charge in [-0.25, -0.2) is 0 Å². The van der Waals surface area contributed by atoms with Crippen molar-refractivity contribution >= 4 is 5.78 Å². The minimum atomic E-state index is 0.185. The molecule has 0 radical (unpaired) electrons. The van der Waals surface area contributed by atoms with Gasteiger partial charge in [-0.05, 0) is 31.5 Å². The Morgan fingerprint density at radius 2 is 1.82 bits per heavy atom. The molecule has 0 fully saturated rings. The number of Topliss-reactive ketones (excluding diaryl/α,β-unsaturated/α-hetero) is 1. The van der Waals surface area contributed by atoms with Gasteiger partial charge in [0.1, 0.15) is 11.5 Å². The molecule has 0 saturated carbocycles. The minimum Gasteiger partial charge on any atom is -0.469 e. The summed E-state index contributed by atoms with van der Waals surface area (Å²) < 4.78 is 5.17. The molecule has 0 N–H and O–H groups in total. The van der Waals surface area contributed by atoms with Crippen LogP contribution in [-0.2, 0) is 17.6 Å². The van der Waals surface area contributed by atoms with Crippen LogP contribution >= 0.6 is 0 Å². The lowest BCUT2D eigenvalue weighted by atomic mass is 10.0. The molecular weight excluding hydrogens is 212 g/mol. The van der Waals surface area contributed by atoms with E-state index < -0.39 is 0 Å². The van der Waals surface area contributed by atoms with E-state index in [1.807, 2.05) is 19.9 Å². The first-order chi connectivity index (χ1) is 8.13. The Bertz CT molecular complexity index is 489. The number of carbonyl (C=O) groups is 1. The molecule has 1 aromatic heterocycles. The lowest BCUT2D eigenvalue weighted by Gasteiger charge is -2.03. The molecule has 1 aromatic carbocycles. The highest BCUT2D eigenvalue weighted by Gasteiger charge is 2.07. The molecule has 0 saturated heterocycles. The van der Waals surface area contributed by atoms with Crippen LogP contribution < -0.4 is 0 Å². The van der Waals surface area contributed by atoms with Gasteiger partial charge < -0.3 is 4.42 Å². The molecular formula is C15H16O2. The van der Waals surface area contributed by atoms with Crippen molar-refractivity contribution in [2.45, 2.75) is 26.7 Å². The highest BCUT2D eigenvalue weighted by Crippen LogP contribution is 2.11. The SMILES string of the molecule is Cc1cc(C)cc(CC(=O)Cc2ccco2)c1. The molecule has 0 atom stereocenters. The molecule has 0 unspecified atom stereocenters. The van der Waals surface area contributed by atoms with Crippen molar-refractivity contribution in [2.24, 2.45) is 0 Å². The summed E-state index contributed by atoms with van der Waals surface area (Å²) in [6.07, 6.45) is 2.45. The number of furan rings is 1. The van der Waals surface area contributed by atoms with Crippen molar-refractivity contribution in [3.63, 3.8) is 0 Å². The summed E-state index contributed by atoms with van der Waals surface area (Å²) in [4.78, 5) is 11.8. The smallest absolute Gasteiger partial charge is 0.144 e. The largest absolute Gasteiger partial charge is 0.469 e. The highest BCUT2D eigenvalue weighted by molar-refractivity contribution is 5.82. The second kappa shape index (κ2) is 5.00. The van der Waals surface area contributed by atoms with Crippen LogP contribution in [0.5, 0.6) is 0 Å². The van der Waals surface area contributed by atoms with Crippen molar-refractivity contribution in [2.75, 3.05) is 0 Å². The van der Waals surface area contributed by atoms with Gasteiger partial charge in [-0.2, -0.15) is 0 Å². The summed E-state index contributed by atoms with van der Waals surface area (Å²) in [7, 11) is 0. The fourth-order valence-corrected chi connectivity index (χ4v) is 2.07. The van der Waals surface area contributed by atoms with E-state index in [2.05, 4.69) is 18.2 Å². The molecule has 0 spiro atoms. The van der Waals surface area contributed by atoms with E-state index in [-0.39, 0.29) is 5.78 Å². The summed E-state index contributed by atoms with van der Waals surface area (Å²) >= 11 is 0. The number of rotatable bonds is 4. The predicted molar refractivity (Wildman–Crippen MR) is 67.0 cm³/mol. The quantitative estimate of drug-likeness (QED) is 0.804. The first kappa shape index (κ1) is 11.6. The van der Waals surface area contributed by atoms with Crippen LogP contribution in [0.25, 0.3) is 0 Å².